The highest BCUT2D eigenvalue weighted by Crippen LogP contribution is 2.36. The molecule has 0 saturated heterocycles. The summed E-state index contributed by atoms with van der Waals surface area (Å²) in [7, 11) is -3.53. The third kappa shape index (κ3) is 3.85. The Bertz CT molecular complexity index is 1660. The van der Waals surface area contributed by atoms with Gasteiger partial charge in [0.05, 0.1) is 26.7 Å². The lowest BCUT2D eigenvalue weighted by molar-refractivity contribution is 0.100. The Morgan fingerprint density at radius 3 is 2.35 bits per heavy atom. The lowest BCUT2D eigenvalue weighted by atomic mass is 10.1. The minimum Gasteiger partial charge on any atom is -0.366 e. The molecule has 0 saturated carbocycles. The molecule has 0 fully saturated rings. The van der Waals surface area contributed by atoms with Crippen LogP contribution in [0, 0.1) is 6.07 Å². The first kappa shape index (κ1) is 22.2. The van der Waals surface area contributed by atoms with Crippen molar-refractivity contribution in [1.29, 1.82) is 0 Å². The van der Waals surface area contributed by atoms with E-state index in [1.54, 1.807) is 54.6 Å². The summed E-state index contributed by atoms with van der Waals surface area (Å²) >= 11 is 6.61. The molecule has 0 aliphatic heterocycles. The number of halogens is 1. The van der Waals surface area contributed by atoms with E-state index in [0.29, 0.717) is 39.0 Å². The van der Waals surface area contributed by atoms with Crippen LogP contribution >= 0.6 is 11.6 Å². The highest BCUT2D eigenvalue weighted by Gasteiger charge is 2.21. The Morgan fingerprint density at radius 1 is 0.912 bits per heavy atom. The van der Waals surface area contributed by atoms with Gasteiger partial charge in [-0.3, -0.25) is 4.79 Å². The number of benzene rings is 4. The Kier molecular flexibility index (Phi) is 5.63. The fourth-order valence-corrected chi connectivity index (χ4v) is 6.06. The van der Waals surface area contributed by atoms with Crippen LogP contribution in [0.4, 0.5) is 0 Å². The number of carbonyl (C=O) groups excluding carboxylic acids is 1. The van der Waals surface area contributed by atoms with Gasteiger partial charge < -0.3 is 10.3 Å². The summed E-state index contributed by atoms with van der Waals surface area (Å²) in [5, 5.41) is 1.89. The summed E-state index contributed by atoms with van der Waals surface area (Å²) in [4.78, 5) is 12.4. The van der Waals surface area contributed by atoms with Gasteiger partial charge in [-0.25, -0.2) is 8.42 Å². The number of amides is 1. The number of carbonyl (C=O) groups is 1. The molecule has 5 aromatic rings. The molecule has 0 aliphatic rings. The zero-order valence-corrected chi connectivity index (χ0v) is 19.6. The molecule has 5 rings (SSSR count). The van der Waals surface area contributed by atoms with Crippen LogP contribution in [-0.2, 0) is 22.1 Å². The summed E-state index contributed by atoms with van der Waals surface area (Å²) in [6, 6.07) is 27.9. The van der Waals surface area contributed by atoms with Crippen LogP contribution in [0.1, 0.15) is 21.5 Å². The monoisotopic (exact) mass is 487 g/mol. The first-order chi connectivity index (χ1) is 16.4. The third-order valence-corrected chi connectivity index (χ3v) is 7.92. The molecule has 4 aromatic carbocycles. The van der Waals surface area contributed by atoms with E-state index in [-0.39, 0.29) is 10.6 Å². The van der Waals surface area contributed by atoms with Crippen molar-refractivity contribution in [2.45, 2.75) is 17.2 Å². The fourth-order valence-electron chi connectivity index (χ4n) is 4.38. The molecule has 0 unspecified atom stereocenters. The molecule has 1 radical (unpaired) electrons. The maximum Gasteiger partial charge on any atom is 0.249 e. The summed E-state index contributed by atoms with van der Waals surface area (Å²) in [6.45, 7) is 0.361. The van der Waals surface area contributed by atoms with Gasteiger partial charge in [-0.05, 0) is 47.5 Å². The maximum atomic E-state index is 13.1. The smallest absolute Gasteiger partial charge is 0.249 e. The SMILES string of the molecule is NC(=O)c1cccc2c1c1[c]ccc(Cl)c1n2Cc1ccccc1CS(=O)(=O)c1ccccc1. The number of rotatable bonds is 6. The lowest BCUT2D eigenvalue weighted by Gasteiger charge is -2.14. The second kappa shape index (κ2) is 8.63. The molecule has 0 aliphatic carbocycles. The average molecular weight is 488 g/mol. The summed E-state index contributed by atoms with van der Waals surface area (Å²) in [6.07, 6.45) is 0. The normalized spacial score (nSPS) is 11.8. The first-order valence-corrected chi connectivity index (χ1v) is 12.7. The molecule has 2 N–H and O–H groups in total. The number of fused-ring (bicyclic) bond motifs is 3. The molecule has 169 valence electrons. The van der Waals surface area contributed by atoms with Gasteiger partial charge in [-0.15, -0.1) is 0 Å². The van der Waals surface area contributed by atoms with E-state index in [1.165, 1.54) is 0 Å². The standard InChI is InChI=1S/C27H20ClN2O3S/c28-23-14-6-12-21-25-22(27(29)31)13-7-15-24(25)30(26(21)23)16-18-8-4-5-9-19(18)17-34(32,33)20-10-2-1-3-11-20/h1-11,13-15H,16-17H2,(H2,29,31). The maximum absolute atomic E-state index is 13.1. The molecule has 34 heavy (non-hydrogen) atoms. The van der Waals surface area contributed by atoms with Gasteiger partial charge in [-0.1, -0.05) is 66.2 Å². The Labute approximate surface area is 202 Å². The van der Waals surface area contributed by atoms with Crippen LogP contribution in [0.15, 0.2) is 89.8 Å². The van der Waals surface area contributed by atoms with Crippen molar-refractivity contribution in [2.75, 3.05) is 0 Å². The van der Waals surface area contributed by atoms with Gasteiger partial charge in [0, 0.05) is 22.9 Å². The van der Waals surface area contributed by atoms with Gasteiger partial charge in [0.25, 0.3) is 0 Å². The molecular formula is C27H20ClN2O3S. The quantitative estimate of drug-likeness (QED) is 0.349. The number of hydrogen-bond acceptors (Lipinski definition) is 3. The molecule has 5 nitrogen and oxygen atoms in total. The van der Waals surface area contributed by atoms with Crippen LogP contribution in [0.2, 0.25) is 5.02 Å². The number of primary amides is 1. The van der Waals surface area contributed by atoms with Crippen molar-refractivity contribution in [3.63, 3.8) is 0 Å². The molecule has 1 aromatic heterocycles. The number of nitrogens with two attached hydrogens (primary N) is 1. The van der Waals surface area contributed by atoms with Gasteiger partial charge in [0.1, 0.15) is 0 Å². The Balaban J connectivity index is 1.67. The summed E-state index contributed by atoms with van der Waals surface area (Å²) in [5.41, 5.74) is 9.07. The molecule has 1 heterocycles. The van der Waals surface area contributed by atoms with Gasteiger partial charge in [0.15, 0.2) is 9.84 Å². The third-order valence-electron chi connectivity index (χ3n) is 5.93. The molecule has 7 heteroatoms. The minimum atomic E-state index is -3.53. The van der Waals surface area contributed by atoms with Crippen molar-refractivity contribution in [3.8, 4) is 0 Å². The van der Waals surface area contributed by atoms with Crippen LogP contribution in [-0.4, -0.2) is 18.9 Å². The van der Waals surface area contributed by atoms with Crippen LogP contribution in [0.25, 0.3) is 21.8 Å². The van der Waals surface area contributed by atoms with Crippen LogP contribution < -0.4 is 5.73 Å². The van der Waals surface area contributed by atoms with E-state index in [0.717, 1.165) is 11.1 Å². The van der Waals surface area contributed by atoms with E-state index >= 15 is 0 Å². The number of sulfone groups is 1. The fraction of sp³-hybridized carbons (Fsp3) is 0.0741. The summed E-state index contributed by atoms with van der Waals surface area (Å²) in [5.74, 6) is -0.663. The second-order valence-corrected chi connectivity index (χ2v) is 10.4. The Hall–Kier alpha value is -3.61. The van der Waals surface area contributed by atoms with Gasteiger partial charge >= 0.3 is 0 Å². The Morgan fingerprint density at radius 2 is 1.62 bits per heavy atom. The van der Waals surface area contributed by atoms with E-state index in [9.17, 15) is 13.2 Å². The lowest BCUT2D eigenvalue weighted by Crippen LogP contribution is -2.11. The zero-order chi connectivity index (χ0) is 23.9. The molecule has 0 spiro atoms. The molecule has 1 amide bonds. The first-order valence-electron chi connectivity index (χ1n) is 10.6. The van der Waals surface area contributed by atoms with Crippen molar-refractivity contribution < 1.29 is 13.2 Å². The average Bonchev–Trinajstić information content (AvgIpc) is 3.15. The highest BCUT2D eigenvalue weighted by molar-refractivity contribution is 7.90. The van der Waals surface area contributed by atoms with Crippen molar-refractivity contribution in [2.24, 2.45) is 5.73 Å². The van der Waals surface area contributed by atoms with E-state index in [4.69, 9.17) is 17.3 Å². The predicted octanol–water partition coefficient (Wildman–Crippen LogP) is 5.37. The van der Waals surface area contributed by atoms with Crippen LogP contribution in [0.3, 0.4) is 0 Å². The van der Waals surface area contributed by atoms with Crippen LogP contribution in [0.5, 0.6) is 0 Å². The number of hydrogen-bond donors (Lipinski definition) is 1. The summed E-state index contributed by atoms with van der Waals surface area (Å²) < 4.78 is 28.1. The van der Waals surface area contributed by atoms with Crippen molar-refractivity contribution >= 4 is 49.2 Å². The predicted molar refractivity (Wildman–Crippen MR) is 135 cm³/mol. The second-order valence-electron chi connectivity index (χ2n) is 8.04. The molecule has 0 atom stereocenters. The molecule has 0 bridgehead atoms. The van der Waals surface area contributed by atoms with E-state index in [1.807, 2.05) is 34.9 Å². The topological polar surface area (TPSA) is 82.2 Å². The minimum absolute atomic E-state index is 0.128. The largest absolute Gasteiger partial charge is 0.366 e. The van der Waals surface area contributed by atoms with Crippen molar-refractivity contribution in [1.82, 2.24) is 4.57 Å². The zero-order valence-electron chi connectivity index (χ0n) is 18.0. The highest BCUT2D eigenvalue weighted by atomic mass is 35.5. The van der Waals surface area contributed by atoms with Crippen molar-refractivity contribution in [3.05, 3.63) is 113 Å². The van der Waals surface area contributed by atoms with E-state index in [2.05, 4.69) is 6.07 Å². The molecular weight excluding hydrogens is 468 g/mol. The number of nitrogens with zero attached hydrogens (tertiary/aromatic N) is 1. The number of aromatic nitrogens is 1. The van der Waals surface area contributed by atoms with Gasteiger partial charge in [-0.2, -0.15) is 0 Å². The van der Waals surface area contributed by atoms with Gasteiger partial charge in [0.2, 0.25) is 5.91 Å². The van der Waals surface area contributed by atoms with E-state index < -0.39 is 15.7 Å².